The Hall–Kier alpha value is -1.92. The Labute approximate surface area is 142 Å². The molecule has 1 fully saturated rings. The molecule has 3 aliphatic heterocycles. The van der Waals surface area contributed by atoms with Gasteiger partial charge in [-0.1, -0.05) is 18.2 Å². The van der Waals surface area contributed by atoms with Crippen LogP contribution in [0.3, 0.4) is 0 Å². The molecule has 126 valence electrons. The Kier molecular flexibility index (Phi) is 3.52. The summed E-state index contributed by atoms with van der Waals surface area (Å²) in [6.07, 6.45) is 2.37. The van der Waals surface area contributed by atoms with Crippen LogP contribution in [0, 0.1) is 0 Å². The van der Waals surface area contributed by atoms with E-state index >= 15 is 0 Å². The summed E-state index contributed by atoms with van der Waals surface area (Å²) in [6, 6.07) is 9.47. The van der Waals surface area contributed by atoms with Crippen LogP contribution in [0.5, 0.6) is 0 Å². The summed E-state index contributed by atoms with van der Waals surface area (Å²) in [5.41, 5.74) is 2.95. The lowest BCUT2D eigenvalue weighted by molar-refractivity contribution is 0.0796. The fraction of sp³-hybridized carbons (Fsp3) is 0.556. The summed E-state index contributed by atoms with van der Waals surface area (Å²) in [7, 11) is 0. The van der Waals surface area contributed by atoms with Crippen molar-refractivity contribution in [3.63, 3.8) is 0 Å². The number of benzene rings is 1. The molecule has 1 atom stereocenters. The smallest absolute Gasteiger partial charge is 0.159 e. The van der Waals surface area contributed by atoms with Crippen LogP contribution in [0.1, 0.15) is 23.6 Å². The summed E-state index contributed by atoms with van der Waals surface area (Å²) in [4.78, 5) is 5.17. The van der Waals surface area contributed by atoms with Crippen LogP contribution in [0.25, 0.3) is 0 Å². The Morgan fingerprint density at radius 2 is 2.08 bits per heavy atom. The standard InChI is InChI=1S/C18H23N5O/c1-2-5-16-14(4-1)10-15-11-21(6-3-7-22(15)16)12-17-19-20-18-13-24-9-8-23(17)18/h1-2,4-5,15H,3,6-13H2. The van der Waals surface area contributed by atoms with Gasteiger partial charge in [0.1, 0.15) is 12.4 Å². The van der Waals surface area contributed by atoms with E-state index < -0.39 is 0 Å². The highest BCUT2D eigenvalue weighted by Gasteiger charge is 2.32. The first-order valence-electron chi connectivity index (χ1n) is 8.94. The largest absolute Gasteiger partial charge is 0.372 e. The molecule has 1 aromatic carbocycles. The number of nitrogens with zero attached hydrogens (tertiary/aromatic N) is 5. The first-order chi connectivity index (χ1) is 11.9. The molecule has 2 aromatic rings. The first-order valence-corrected chi connectivity index (χ1v) is 8.94. The van der Waals surface area contributed by atoms with Gasteiger partial charge in [0.2, 0.25) is 0 Å². The van der Waals surface area contributed by atoms with E-state index in [9.17, 15) is 0 Å². The maximum atomic E-state index is 5.47. The van der Waals surface area contributed by atoms with E-state index in [0.29, 0.717) is 12.6 Å². The van der Waals surface area contributed by atoms with Crippen LogP contribution in [0.15, 0.2) is 24.3 Å². The van der Waals surface area contributed by atoms with Crippen LogP contribution in [0.2, 0.25) is 0 Å². The Bertz CT molecular complexity index is 743. The number of rotatable bonds is 2. The minimum atomic E-state index is 0.594. The highest BCUT2D eigenvalue weighted by atomic mass is 16.5. The van der Waals surface area contributed by atoms with Gasteiger partial charge in [0.05, 0.1) is 13.2 Å². The van der Waals surface area contributed by atoms with Crippen LogP contribution in [-0.2, 0) is 30.9 Å². The number of hydrogen-bond donors (Lipinski definition) is 0. The molecule has 0 aliphatic carbocycles. The van der Waals surface area contributed by atoms with Gasteiger partial charge in [-0.2, -0.15) is 0 Å². The average molecular weight is 325 g/mol. The highest BCUT2D eigenvalue weighted by Crippen LogP contribution is 2.33. The Morgan fingerprint density at radius 1 is 1.12 bits per heavy atom. The monoisotopic (exact) mass is 325 g/mol. The van der Waals surface area contributed by atoms with Crippen LogP contribution < -0.4 is 4.90 Å². The zero-order valence-electron chi connectivity index (χ0n) is 13.9. The number of ether oxygens (including phenoxy) is 1. The predicted molar refractivity (Wildman–Crippen MR) is 90.9 cm³/mol. The second-order valence-corrected chi connectivity index (χ2v) is 7.01. The van der Waals surface area contributed by atoms with Gasteiger partial charge < -0.3 is 14.2 Å². The van der Waals surface area contributed by atoms with Crippen molar-refractivity contribution in [2.75, 3.05) is 31.1 Å². The molecule has 0 N–H and O–H groups in total. The van der Waals surface area contributed by atoms with Crippen molar-refractivity contribution in [3.05, 3.63) is 41.5 Å². The van der Waals surface area contributed by atoms with Gasteiger partial charge in [0.15, 0.2) is 5.82 Å². The summed E-state index contributed by atoms with van der Waals surface area (Å²) >= 11 is 0. The number of fused-ring (bicyclic) bond motifs is 4. The van der Waals surface area contributed by atoms with Crippen molar-refractivity contribution in [1.29, 1.82) is 0 Å². The molecule has 1 unspecified atom stereocenters. The van der Waals surface area contributed by atoms with E-state index in [1.807, 2.05) is 0 Å². The molecule has 0 spiro atoms. The van der Waals surface area contributed by atoms with Crippen molar-refractivity contribution >= 4 is 5.69 Å². The van der Waals surface area contributed by atoms with E-state index in [4.69, 9.17) is 4.74 Å². The van der Waals surface area contributed by atoms with Gasteiger partial charge in [-0.25, -0.2) is 0 Å². The molecule has 6 nitrogen and oxygen atoms in total. The third-order valence-corrected chi connectivity index (χ3v) is 5.50. The van der Waals surface area contributed by atoms with Gasteiger partial charge >= 0.3 is 0 Å². The first kappa shape index (κ1) is 14.4. The SMILES string of the molecule is c1ccc2c(c1)CC1CN(Cc3nnc4n3CCOC4)CCCN21. The molecular formula is C18H23N5O. The van der Waals surface area contributed by atoms with Gasteiger partial charge in [-0.15, -0.1) is 10.2 Å². The number of aromatic nitrogens is 3. The van der Waals surface area contributed by atoms with Gasteiger partial charge in [0.25, 0.3) is 0 Å². The van der Waals surface area contributed by atoms with Gasteiger partial charge in [-0.05, 0) is 24.5 Å². The van der Waals surface area contributed by atoms with Crippen LogP contribution >= 0.6 is 0 Å². The maximum absolute atomic E-state index is 5.47. The fourth-order valence-electron chi connectivity index (χ4n) is 4.36. The van der Waals surface area contributed by atoms with Crippen molar-refractivity contribution < 1.29 is 4.74 Å². The Balaban J connectivity index is 1.34. The fourth-order valence-corrected chi connectivity index (χ4v) is 4.36. The number of anilines is 1. The van der Waals surface area contributed by atoms with Crippen LogP contribution in [0.4, 0.5) is 5.69 Å². The lowest BCUT2D eigenvalue weighted by Gasteiger charge is -2.27. The second kappa shape index (κ2) is 5.86. The molecule has 24 heavy (non-hydrogen) atoms. The van der Waals surface area contributed by atoms with Crippen LogP contribution in [-0.4, -0.2) is 51.9 Å². The zero-order chi connectivity index (χ0) is 15.9. The van der Waals surface area contributed by atoms with Gasteiger partial charge in [0, 0.05) is 37.9 Å². The predicted octanol–water partition coefficient (Wildman–Crippen LogP) is 1.45. The van der Waals surface area contributed by atoms with Gasteiger partial charge in [-0.3, -0.25) is 4.90 Å². The minimum absolute atomic E-state index is 0.594. The van der Waals surface area contributed by atoms with E-state index in [2.05, 4.69) is 48.8 Å². The molecule has 4 heterocycles. The number of hydrogen-bond acceptors (Lipinski definition) is 5. The molecule has 0 bridgehead atoms. The molecule has 5 rings (SSSR count). The molecule has 0 saturated carbocycles. The molecule has 1 saturated heterocycles. The third kappa shape index (κ3) is 2.41. The highest BCUT2D eigenvalue weighted by molar-refractivity contribution is 5.59. The summed E-state index contributed by atoms with van der Waals surface area (Å²) in [5.74, 6) is 2.07. The molecule has 1 aromatic heterocycles. The Morgan fingerprint density at radius 3 is 3.08 bits per heavy atom. The molecular weight excluding hydrogens is 302 g/mol. The quantitative estimate of drug-likeness (QED) is 0.836. The van der Waals surface area contributed by atoms with E-state index in [1.165, 1.54) is 24.1 Å². The van der Waals surface area contributed by atoms with E-state index in [0.717, 1.165) is 51.0 Å². The third-order valence-electron chi connectivity index (χ3n) is 5.50. The molecule has 0 radical (unpaired) electrons. The van der Waals surface area contributed by atoms with Crippen molar-refractivity contribution in [3.8, 4) is 0 Å². The molecule has 0 amide bonds. The lowest BCUT2D eigenvalue weighted by Crippen LogP contribution is -2.39. The summed E-state index contributed by atoms with van der Waals surface area (Å²) in [5, 5.41) is 8.72. The van der Waals surface area contributed by atoms with Crippen molar-refractivity contribution in [2.24, 2.45) is 0 Å². The maximum Gasteiger partial charge on any atom is 0.159 e. The zero-order valence-corrected chi connectivity index (χ0v) is 13.9. The minimum Gasteiger partial charge on any atom is -0.372 e. The van der Waals surface area contributed by atoms with Crippen molar-refractivity contribution in [1.82, 2.24) is 19.7 Å². The van der Waals surface area contributed by atoms with Crippen molar-refractivity contribution in [2.45, 2.75) is 38.6 Å². The second-order valence-electron chi connectivity index (χ2n) is 7.01. The molecule has 6 heteroatoms. The summed E-state index contributed by atoms with van der Waals surface area (Å²) in [6.45, 7) is 6.54. The topological polar surface area (TPSA) is 46.4 Å². The normalized spacial score (nSPS) is 23.5. The summed E-state index contributed by atoms with van der Waals surface area (Å²) < 4.78 is 7.71. The molecule has 3 aliphatic rings. The average Bonchev–Trinajstić information content (AvgIpc) is 3.11. The lowest BCUT2D eigenvalue weighted by atomic mass is 10.1. The van der Waals surface area contributed by atoms with E-state index in [-0.39, 0.29) is 0 Å². The number of para-hydroxylation sites is 1. The van der Waals surface area contributed by atoms with E-state index in [1.54, 1.807) is 0 Å².